The maximum absolute atomic E-state index is 11.5. The van der Waals surface area contributed by atoms with Gasteiger partial charge < -0.3 is 9.64 Å². The Labute approximate surface area is 107 Å². The van der Waals surface area contributed by atoms with Crippen LogP contribution in [0.4, 0.5) is 0 Å². The van der Waals surface area contributed by atoms with E-state index in [0.717, 1.165) is 38.6 Å². The molecule has 1 heterocycles. The number of carbonyl (C=O) groups is 1. The van der Waals surface area contributed by atoms with E-state index < -0.39 is 8.07 Å². The summed E-state index contributed by atoms with van der Waals surface area (Å²) in [4.78, 5) is 13.5. The van der Waals surface area contributed by atoms with Gasteiger partial charge in [0.25, 0.3) is 0 Å². The van der Waals surface area contributed by atoms with Gasteiger partial charge in [0.1, 0.15) is 0 Å². The van der Waals surface area contributed by atoms with Gasteiger partial charge in [-0.15, -0.1) is 0 Å². The molecule has 0 atom stereocenters. The highest BCUT2D eigenvalue weighted by atomic mass is 28.3. The zero-order valence-electron chi connectivity index (χ0n) is 12.0. The smallest absolute Gasteiger partial charge is 0.222 e. The molecule has 4 heteroatoms. The second kappa shape index (κ2) is 5.53. The van der Waals surface area contributed by atoms with Gasteiger partial charge in [0.05, 0.1) is 13.7 Å². The van der Waals surface area contributed by atoms with Crippen LogP contribution in [0.5, 0.6) is 0 Å². The molecule has 1 aliphatic heterocycles. The minimum Gasteiger partial charge on any atom is -0.379 e. The second-order valence-electron chi connectivity index (χ2n) is 6.84. The van der Waals surface area contributed by atoms with Crippen molar-refractivity contribution in [2.75, 3.05) is 19.3 Å². The zero-order valence-corrected chi connectivity index (χ0v) is 13.0. The topological polar surface area (TPSA) is 29.5 Å². The number of likely N-dealkylation sites (tertiary alicyclic amines) is 1. The average Bonchev–Trinajstić information content (AvgIpc) is 2.58. The molecule has 1 saturated heterocycles. The van der Waals surface area contributed by atoms with Crippen LogP contribution >= 0.6 is 0 Å². The molecule has 0 saturated carbocycles. The molecule has 0 aliphatic carbocycles. The Balaban J connectivity index is 2.31. The van der Waals surface area contributed by atoms with Crippen LogP contribution < -0.4 is 0 Å². The number of amides is 1. The molecule has 100 valence electrons. The molecular weight excluding hydrogens is 230 g/mol. The Hall–Kier alpha value is -0.353. The summed E-state index contributed by atoms with van der Waals surface area (Å²) < 4.78 is 6.01. The molecule has 0 radical (unpaired) electrons. The molecule has 0 aromatic carbocycles. The Morgan fingerprint density at radius 2 is 2.00 bits per heavy atom. The van der Waals surface area contributed by atoms with Crippen LogP contribution in [0.15, 0.2) is 0 Å². The maximum atomic E-state index is 11.5. The van der Waals surface area contributed by atoms with E-state index in [2.05, 4.69) is 33.5 Å². The Kier molecular flexibility index (Phi) is 4.78. The number of ether oxygens (including phenoxy) is 1. The number of hydrogen-bond acceptors (Lipinski definition) is 2. The quantitative estimate of drug-likeness (QED) is 0.685. The first kappa shape index (κ1) is 14.7. The first-order valence-corrected chi connectivity index (χ1v) is 10.3. The molecule has 1 rings (SSSR count). The fourth-order valence-electron chi connectivity index (χ4n) is 1.83. The van der Waals surface area contributed by atoms with Gasteiger partial charge in [0, 0.05) is 25.7 Å². The van der Waals surface area contributed by atoms with Crippen molar-refractivity contribution in [2.45, 2.75) is 58.4 Å². The van der Waals surface area contributed by atoms with E-state index >= 15 is 0 Å². The van der Waals surface area contributed by atoms with E-state index in [4.69, 9.17) is 4.74 Å². The van der Waals surface area contributed by atoms with Crippen molar-refractivity contribution in [1.29, 1.82) is 0 Å². The molecule has 0 aromatic rings. The molecule has 1 amide bonds. The fourth-order valence-corrected chi connectivity index (χ4v) is 2.65. The zero-order chi connectivity index (χ0) is 13.1. The number of nitrogens with zero attached hydrogens (tertiary/aromatic N) is 1. The summed E-state index contributed by atoms with van der Waals surface area (Å²) in [7, 11) is -1.14. The Bertz CT molecular complexity index is 271. The highest BCUT2D eigenvalue weighted by Crippen LogP contribution is 2.19. The van der Waals surface area contributed by atoms with Gasteiger partial charge in [0.15, 0.2) is 0 Å². The van der Waals surface area contributed by atoms with Gasteiger partial charge in [-0.1, -0.05) is 19.6 Å². The normalized spacial score (nSPS) is 17.9. The van der Waals surface area contributed by atoms with E-state index in [1.165, 1.54) is 0 Å². The van der Waals surface area contributed by atoms with Crippen LogP contribution in [0.25, 0.3) is 0 Å². The molecule has 3 nitrogen and oxygen atoms in total. The monoisotopic (exact) mass is 257 g/mol. The minimum absolute atomic E-state index is 0.108. The summed E-state index contributed by atoms with van der Waals surface area (Å²) >= 11 is 0. The summed E-state index contributed by atoms with van der Waals surface area (Å²) in [5.41, 5.74) is -0.108. The largest absolute Gasteiger partial charge is 0.379 e. The van der Waals surface area contributed by atoms with E-state index in [1.54, 1.807) is 0 Å². The third-order valence-electron chi connectivity index (χ3n) is 3.05. The third-order valence-corrected chi connectivity index (χ3v) is 4.06. The lowest BCUT2D eigenvalue weighted by Crippen LogP contribution is -2.38. The number of carbonyl (C=O) groups excluding carboxylic acids is 1. The third kappa shape index (κ3) is 5.68. The van der Waals surface area contributed by atoms with E-state index in [-0.39, 0.29) is 5.60 Å². The summed E-state index contributed by atoms with van der Waals surface area (Å²) in [5.74, 6) is 0.311. The van der Waals surface area contributed by atoms with Crippen LogP contribution in [0.3, 0.4) is 0 Å². The van der Waals surface area contributed by atoms with Gasteiger partial charge in [0.2, 0.25) is 5.91 Å². The fraction of sp³-hybridized carbons (Fsp3) is 0.923. The minimum atomic E-state index is -1.14. The standard InChI is InChI=1S/C13H27NO2Si/c1-13(2,16-11-17(3,4)5)8-10-14-9-6-7-12(14)15/h6-11H2,1-5H3. The first-order valence-electron chi connectivity index (χ1n) is 6.61. The van der Waals surface area contributed by atoms with Crippen molar-refractivity contribution in [3.63, 3.8) is 0 Å². The number of hydrogen-bond donors (Lipinski definition) is 0. The molecule has 1 aliphatic rings. The Morgan fingerprint density at radius 3 is 2.47 bits per heavy atom. The van der Waals surface area contributed by atoms with Crippen molar-refractivity contribution in [3.05, 3.63) is 0 Å². The lowest BCUT2D eigenvalue weighted by atomic mass is 10.1. The summed E-state index contributed by atoms with van der Waals surface area (Å²) in [5, 5.41) is 0. The highest BCUT2D eigenvalue weighted by molar-refractivity contribution is 6.76. The molecule has 0 unspecified atom stereocenters. The van der Waals surface area contributed by atoms with Crippen molar-refractivity contribution < 1.29 is 9.53 Å². The van der Waals surface area contributed by atoms with Gasteiger partial charge in [-0.05, 0) is 26.7 Å². The Morgan fingerprint density at radius 1 is 1.35 bits per heavy atom. The van der Waals surface area contributed by atoms with Gasteiger partial charge in [-0.3, -0.25) is 4.79 Å². The molecule has 0 spiro atoms. The summed E-state index contributed by atoms with van der Waals surface area (Å²) in [6.07, 6.45) is 3.59. The summed E-state index contributed by atoms with van der Waals surface area (Å²) in [6.45, 7) is 13.0. The average molecular weight is 257 g/mol. The van der Waals surface area contributed by atoms with Gasteiger partial charge in [-0.25, -0.2) is 0 Å². The predicted octanol–water partition coefficient (Wildman–Crippen LogP) is 2.67. The van der Waals surface area contributed by atoms with E-state index in [0.29, 0.717) is 5.91 Å². The molecular formula is C13H27NO2Si. The lowest BCUT2D eigenvalue weighted by Gasteiger charge is -2.30. The second-order valence-corrected chi connectivity index (χ2v) is 12.3. The molecule has 0 bridgehead atoms. The van der Waals surface area contributed by atoms with Crippen molar-refractivity contribution in [1.82, 2.24) is 4.90 Å². The lowest BCUT2D eigenvalue weighted by molar-refractivity contribution is -0.128. The predicted molar refractivity (Wildman–Crippen MR) is 73.8 cm³/mol. The van der Waals surface area contributed by atoms with Crippen molar-refractivity contribution in [3.8, 4) is 0 Å². The van der Waals surface area contributed by atoms with Crippen molar-refractivity contribution >= 4 is 14.0 Å². The number of rotatable bonds is 6. The van der Waals surface area contributed by atoms with Crippen molar-refractivity contribution in [2.24, 2.45) is 0 Å². The van der Waals surface area contributed by atoms with Gasteiger partial charge in [-0.2, -0.15) is 0 Å². The van der Waals surface area contributed by atoms with E-state index in [9.17, 15) is 4.79 Å². The molecule has 0 N–H and O–H groups in total. The highest BCUT2D eigenvalue weighted by Gasteiger charge is 2.26. The van der Waals surface area contributed by atoms with Crippen LogP contribution in [0, 0.1) is 0 Å². The maximum Gasteiger partial charge on any atom is 0.222 e. The van der Waals surface area contributed by atoms with Gasteiger partial charge >= 0.3 is 0 Å². The SMILES string of the molecule is CC(C)(CCN1CCCC1=O)OC[Si](C)(C)C. The summed E-state index contributed by atoms with van der Waals surface area (Å²) in [6, 6.07) is 0. The van der Waals surface area contributed by atoms with Crippen LogP contribution in [0.2, 0.25) is 19.6 Å². The first-order chi connectivity index (χ1) is 7.70. The molecule has 0 aromatic heterocycles. The van der Waals surface area contributed by atoms with Crippen LogP contribution in [0.1, 0.15) is 33.1 Å². The van der Waals surface area contributed by atoms with Crippen LogP contribution in [-0.4, -0.2) is 43.8 Å². The molecule has 17 heavy (non-hydrogen) atoms. The van der Waals surface area contributed by atoms with Crippen LogP contribution in [-0.2, 0) is 9.53 Å². The molecule has 1 fully saturated rings. The van der Waals surface area contributed by atoms with E-state index in [1.807, 2.05) is 4.90 Å².